The molecule has 2 rings (SSSR count). The van der Waals surface area contributed by atoms with Gasteiger partial charge in [-0.15, -0.1) is 0 Å². The minimum atomic E-state index is -0.314. The molecule has 0 saturated carbocycles. The predicted molar refractivity (Wildman–Crippen MR) is 88.5 cm³/mol. The van der Waals surface area contributed by atoms with Crippen LogP contribution in [0.2, 0.25) is 0 Å². The van der Waals surface area contributed by atoms with Gasteiger partial charge in [-0.05, 0) is 34.1 Å². The second-order valence-electron chi connectivity index (χ2n) is 4.56. The number of hydrogen-bond donors (Lipinski definition) is 0. The average Bonchev–Trinajstić information content (AvgIpc) is 2.86. The zero-order chi connectivity index (χ0) is 15.1. The van der Waals surface area contributed by atoms with Crippen LogP contribution in [0.25, 0.3) is 5.65 Å². The Morgan fingerprint density at radius 1 is 1.40 bits per heavy atom. The molecule has 0 N–H and O–H groups in total. The second kappa shape index (κ2) is 8.21. The van der Waals surface area contributed by atoms with Crippen molar-refractivity contribution in [2.75, 3.05) is 27.7 Å². The maximum Gasteiger partial charge on any atom is 0.355 e. The summed E-state index contributed by atoms with van der Waals surface area (Å²) in [6.45, 7) is 2.17. The average molecular weight is 389 g/mol. The molecule has 110 valence electrons. The van der Waals surface area contributed by atoms with E-state index in [-0.39, 0.29) is 5.97 Å². The molecular weight excluding hydrogens is 369 g/mol. The molecule has 0 aliphatic carbocycles. The van der Waals surface area contributed by atoms with Crippen molar-refractivity contribution < 1.29 is 9.53 Å². The lowest BCUT2D eigenvalue weighted by molar-refractivity contribution is 0.0517. The minimum Gasteiger partial charge on any atom is -0.461 e. The van der Waals surface area contributed by atoms with Crippen LogP contribution in [0.15, 0.2) is 24.5 Å². The van der Waals surface area contributed by atoms with Crippen molar-refractivity contribution in [1.29, 1.82) is 0 Å². The van der Waals surface area contributed by atoms with E-state index in [0.29, 0.717) is 12.3 Å². The van der Waals surface area contributed by atoms with Crippen molar-refractivity contribution in [3.8, 4) is 0 Å². The van der Waals surface area contributed by atoms with E-state index in [1.807, 2.05) is 32.1 Å². The number of alkyl halides is 1. The molecule has 0 spiro atoms. The highest BCUT2D eigenvalue weighted by molar-refractivity contribution is 14.1. The molecule has 5 nitrogen and oxygen atoms in total. The van der Waals surface area contributed by atoms with Crippen LogP contribution in [0, 0.1) is 0 Å². The number of aromatic nitrogens is 2. The fraction of sp³-hybridized carbons (Fsp3) is 0.429. The van der Waals surface area contributed by atoms with Crippen LogP contribution in [-0.2, 0) is 9.16 Å². The summed E-state index contributed by atoms with van der Waals surface area (Å²) in [7, 11) is 6.00. The minimum absolute atomic E-state index is 0.314. The van der Waals surface area contributed by atoms with Gasteiger partial charge in [0.05, 0.1) is 6.61 Å². The Kier molecular flexibility index (Phi) is 6.94. The Hall–Kier alpha value is -1.15. The molecule has 0 aromatic carbocycles. The monoisotopic (exact) mass is 389 g/mol. The SMILES string of the molecule is CCOC(=O)c1ccc(CI)c2nccn12.CN(C)C. The highest BCUT2D eigenvalue weighted by Crippen LogP contribution is 2.16. The Morgan fingerprint density at radius 2 is 2.05 bits per heavy atom. The molecule has 0 aliphatic rings. The maximum atomic E-state index is 11.7. The van der Waals surface area contributed by atoms with E-state index in [0.717, 1.165) is 15.6 Å². The molecule has 0 aliphatic heterocycles. The molecule has 0 radical (unpaired) electrons. The van der Waals surface area contributed by atoms with Gasteiger partial charge < -0.3 is 9.64 Å². The van der Waals surface area contributed by atoms with E-state index in [1.54, 1.807) is 29.8 Å². The number of rotatable bonds is 3. The molecule has 0 fully saturated rings. The van der Waals surface area contributed by atoms with Crippen molar-refractivity contribution in [3.05, 3.63) is 35.8 Å². The zero-order valence-electron chi connectivity index (χ0n) is 12.3. The number of nitrogens with zero attached hydrogens (tertiary/aromatic N) is 3. The molecule has 0 atom stereocenters. The number of ether oxygens (including phenoxy) is 1. The van der Waals surface area contributed by atoms with Gasteiger partial charge in [0.2, 0.25) is 0 Å². The van der Waals surface area contributed by atoms with Gasteiger partial charge in [-0.25, -0.2) is 9.78 Å². The molecule has 2 aromatic heterocycles. The lowest BCUT2D eigenvalue weighted by Crippen LogP contribution is -2.10. The van der Waals surface area contributed by atoms with E-state index in [9.17, 15) is 4.79 Å². The summed E-state index contributed by atoms with van der Waals surface area (Å²) in [4.78, 5) is 17.9. The number of esters is 1. The first kappa shape index (κ1) is 16.9. The molecule has 6 heteroatoms. The van der Waals surface area contributed by atoms with E-state index in [4.69, 9.17) is 4.74 Å². The number of carbonyl (C=O) groups is 1. The maximum absolute atomic E-state index is 11.7. The second-order valence-corrected chi connectivity index (χ2v) is 5.32. The van der Waals surface area contributed by atoms with Crippen LogP contribution in [0.3, 0.4) is 0 Å². The fourth-order valence-corrected chi connectivity index (χ4v) is 2.14. The smallest absolute Gasteiger partial charge is 0.355 e. The normalized spacial score (nSPS) is 10.3. The lowest BCUT2D eigenvalue weighted by Gasteiger charge is -2.06. The fourth-order valence-electron chi connectivity index (χ4n) is 1.55. The zero-order valence-corrected chi connectivity index (χ0v) is 14.4. The Morgan fingerprint density at radius 3 is 2.60 bits per heavy atom. The quantitative estimate of drug-likeness (QED) is 0.460. The third-order valence-electron chi connectivity index (χ3n) is 2.26. The van der Waals surface area contributed by atoms with Gasteiger partial charge in [0.15, 0.2) is 0 Å². The first-order valence-corrected chi connectivity index (χ1v) is 7.82. The number of carbonyl (C=O) groups excluding carboxylic acids is 1. The van der Waals surface area contributed by atoms with Crippen molar-refractivity contribution >= 4 is 34.2 Å². The van der Waals surface area contributed by atoms with Gasteiger partial charge in [0, 0.05) is 22.4 Å². The third kappa shape index (κ3) is 4.45. The van der Waals surface area contributed by atoms with Crippen LogP contribution in [0.5, 0.6) is 0 Å². The van der Waals surface area contributed by atoms with Crippen molar-refractivity contribution in [2.24, 2.45) is 0 Å². The summed E-state index contributed by atoms with van der Waals surface area (Å²) in [5.74, 6) is -0.314. The van der Waals surface area contributed by atoms with E-state index in [2.05, 4.69) is 27.6 Å². The van der Waals surface area contributed by atoms with Gasteiger partial charge in [-0.3, -0.25) is 4.40 Å². The van der Waals surface area contributed by atoms with Crippen LogP contribution in [-0.4, -0.2) is 48.0 Å². The van der Waals surface area contributed by atoms with Gasteiger partial charge >= 0.3 is 5.97 Å². The van der Waals surface area contributed by atoms with Gasteiger partial charge in [-0.1, -0.05) is 28.7 Å². The van der Waals surface area contributed by atoms with Crippen LogP contribution < -0.4 is 0 Å². The Balaban J connectivity index is 0.000000444. The van der Waals surface area contributed by atoms with Crippen molar-refractivity contribution in [2.45, 2.75) is 11.4 Å². The Bertz CT molecular complexity index is 564. The van der Waals surface area contributed by atoms with Gasteiger partial charge in [0.1, 0.15) is 11.3 Å². The summed E-state index contributed by atoms with van der Waals surface area (Å²) >= 11 is 2.28. The van der Waals surface area contributed by atoms with E-state index >= 15 is 0 Å². The predicted octanol–water partition coefficient (Wildman–Crippen LogP) is 2.62. The number of imidazole rings is 1. The summed E-state index contributed by atoms with van der Waals surface area (Å²) in [6, 6.07) is 3.70. The standard InChI is InChI=1S/C11H11IN2O2.C3H9N/c1-2-16-11(15)9-4-3-8(7-12)10-13-5-6-14(9)10;1-4(2)3/h3-6H,2,7H2,1H3;1-3H3. The van der Waals surface area contributed by atoms with Crippen molar-refractivity contribution in [3.63, 3.8) is 0 Å². The molecule has 0 saturated heterocycles. The number of halogens is 1. The first-order valence-electron chi connectivity index (χ1n) is 6.30. The van der Waals surface area contributed by atoms with Crippen LogP contribution in [0.1, 0.15) is 23.0 Å². The molecule has 20 heavy (non-hydrogen) atoms. The number of pyridine rings is 1. The molecule has 2 aromatic rings. The highest BCUT2D eigenvalue weighted by Gasteiger charge is 2.13. The summed E-state index contributed by atoms with van der Waals surface area (Å²) < 4.78 is 7.62. The number of fused-ring (bicyclic) bond motifs is 1. The first-order chi connectivity index (χ1) is 9.51. The topological polar surface area (TPSA) is 46.8 Å². The highest BCUT2D eigenvalue weighted by atomic mass is 127. The molecule has 0 unspecified atom stereocenters. The van der Waals surface area contributed by atoms with Crippen molar-refractivity contribution in [1.82, 2.24) is 14.3 Å². The van der Waals surface area contributed by atoms with Crippen LogP contribution in [0.4, 0.5) is 0 Å². The molecule has 0 amide bonds. The van der Waals surface area contributed by atoms with Gasteiger partial charge in [-0.2, -0.15) is 0 Å². The van der Waals surface area contributed by atoms with E-state index in [1.165, 1.54) is 0 Å². The summed E-state index contributed by atoms with van der Waals surface area (Å²) in [6.07, 6.45) is 3.46. The number of hydrogen-bond acceptors (Lipinski definition) is 4. The molecular formula is C14H20IN3O2. The molecule has 2 heterocycles. The third-order valence-corrected chi connectivity index (χ3v) is 3.08. The summed E-state index contributed by atoms with van der Waals surface area (Å²) in [5, 5.41) is 0. The summed E-state index contributed by atoms with van der Waals surface area (Å²) in [5.41, 5.74) is 2.45. The lowest BCUT2D eigenvalue weighted by atomic mass is 10.2. The van der Waals surface area contributed by atoms with Gasteiger partial charge in [0.25, 0.3) is 0 Å². The molecule has 0 bridgehead atoms. The Labute approximate surface area is 133 Å². The van der Waals surface area contributed by atoms with Crippen LogP contribution >= 0.6 is 22.6 Å². The largest absolute Gasteiger partial charge is 0.461 e. The van der Waals surface area contributed by atoms with E-state index < -0.39 is 0 Å².